The highest BCUT2D eigenvalue weighted by Crippen LogP contribution is 2.26. The van der Waals surface area contributed by atoms with Crippen LogP contribution >= 0.6 is 0 Å². The zero-order valence-electron chi connectivity index (χ0n) is 18.2. The van der Waals surface area contributed by atoms with E-state index in [-0.39, 0.29) is 11.4 Å². The first-order valence-electron chi connectivity index (χ1n) is 9.92. The molecule has 2 heterocycles. The van der Waals surface area contributed by atoms with Gasteiger partial charge in [0.15, 0.2) is 0 Å². The fourth-order valence-corrected chi connectivity index (χ4v) is 2.56. The second kappa shape index (κ2) is 9.96. The van der Waals surface area contributed by atoms with Crippen LogP contribution in [0.1, 0.15) is 58.7 Å². The van der Waals surface area contributed by atoms with Gasteiger partial charge in [-0.1, -0.05) is 25.5 Å². The lowest BCUT2D eigenvalue weighted by molar-refractivity contribution is -0.116. The number of aromatic nitrogens is 2. The molecule has 0 fully saturated rings. The number of aryl methyl sites for hydroxylation is 1. The Morgan fingerprint density at radius 3 is 2.55 bits per heavy atom. The minimum atomic E-state index is -0.341. The lowest BCUT2D eigenvalue weighted by atomic mass is 10.1. The van der Waals surface area contributed by atoms with E-state index in [1.54, 1.807) is 24.3 Å². The Labute approximate surface area is 173 Å². The van der Waals surface area contributed by atoms with Gasteiger partial charge in [0.05, 0.1) is 23.3 Å². The number of amides is 1. The zero-order chi connectivity index (χ0) is 21.4. The Kier molecular flexibility index (Phi) is 7.65. The van der Waals surface area contributed by atoms with Crippen molar-refractivity contribution >= 4 is 23.0 Å². The summed E-state index contributed by atoms with van der Waals surface area (Å²) in [5.74, 6) is -0.210. The molecule has 0 aliphatic carbocycles. The highest BCUT2D eigenvalue weighted by Gasteiger charge is 2.20. The molecular formula is C23H31N5O. The zero-order valence-corrected chi connectivity index (χ0v) is 18.2. The number of hydrogen-bond acceptors (Lipinski definition) is 5. The summed E-state index contributed by atoms with van der Waals surface area (Å²) in [4.78, 5) is 21.4. The van der Waals surface area contributed by atoms with E-state index in [4.69, 9.17) is 0 Å². The lowest BCUT2D eigenvalue weighted by Crippen LogP contribution is -2.44. The van der Waals surface area contributed by atoms with Crippen LogP contribution in [0.4, 0.5) is 5.69 Å². The first-order chi connectivity index (χ1) is 13.7. The van der Waals surface area contributed by atoms with Crippen molar-refractivity contribution in [3.8, 4) is 0 Å². The second-order valence-electron chi connectivity index (χ2n) is 8.01. The molecule has 0 unspecified atom stereocenters. The van der Waals surface area contributed by atoms with Crippen molar-refractivity contribution in [2.45, 2.75) is 59.9 Å². The van der Waals surface area contributed by atoms with Crippen LogP contribution in [0, 0.1) is 6.92 Å². The predicted molar refractivity (Wildman–Crippen MR) is 120 cm³/mol. The summed E-state index contributed by atoms with van der Waals surface area (Å²) in [5, 5.41) is 9.38. The first-order valence-corrected chi connectivity index (χ1v) is 9.92. The molecule has 2 rings (SSSR count). The Balaban J connectivity index is 2.54. The number of nitrogens with one attached hydrogen (secondary N) is 1. The molecule has 0 aromatic carbocycles. The van der Waals surface area contributed by atoms with Gasteiger partial charge in [0.25, 0.3) is 5.91 Å². The average Bonchev–Trinajstić information content (AvgIpc) is 2.67. The second-order valence-corrected chi connectivity index (χ2v) is 8.01. The largest absolute Gasteiger partial charge is 0.346 e. The summed E-state index contributed by atoms with van der Waals surface area (Å²) in [5.41, 5.74) is 3.48. The number of carbonyl (C=O) groups is 1. The maximum atomic E-state index is 12.6. The Hall–Kier alpha value is -3.02. The van der Waals surface area contributed by atoms with Crippen LogP contribution < -0.4 is 10.3 Å². The molecule has 2 aromatic heterocycles. The maximum absolute atomic E-state index is 12.6. The number of hydrogen-bond donors (Lipinski definition) is 1. The Morgan fingerprint density at radius 2 is 2.00 bits per heavy atom. The van der Waals surface area contributed by atoms with Gasteiger partial charge in [0.2, 0.25) is 0 Å². The van der Waals surface area contributed by atoms with Gasteiger partial charge in [-0.2, -0.15) is 5.10 Å². The molecule has 6 heteroatoms. The van der Waals surface area contributed by atoms with Crippen molar-refractivity contribution in [2.75, 3.05) is 5.01 Å². The molecule has 1 amide bonds. The SMILES string of the molecule is CCC/C=C(\c1ccc(C)cn1)N(/N=C(\C)C(=O)NC(C)(C)C)c1cccnc1. The van der Waals surface area contributed by atoms with Crippen LogP contribution in [0.15, 0.2) is 54.0 Å². The fourth-order valence-electron chi connectivity index (χ4n) is 2.56. The van der Waals surface area contributed by atoms with Gasteiger partial charge < -0.3 is 5.32 Å². The Morgan fingerprint density at radius 1 is 1.24 bits per heavy atom. The number of unbranched alkanes of at least 4 members (excludes halogenated alkanes) is 1. The van der Waals surface area contributed by atoms with Crippen LogP contribution in [0.2, 0.25) is 0 Å². The number of allylic oxidation sites excluding steroid dienone is 1. The molecular weight excluding hydrogens is 362 g/mol. The van der Waals surface area contributed by atoms with Gasteiger partial charge in [-0.3, -0.25) is 14.8 Å². The summed E-state index contributed by atoms with van der Waals surface area (Å²) in [7, 11) is 0. The van der Waals surface area contributed by atoms with Gasteiger partial charge in [-0.05, 0) is 64.8 Å². The number of rotatable bonds is 7. The summed E-state index contributed by atoms with van der Waals surface area (Å²) < 4.78 is 0. The van der Waals surface area contributed by atoms with Gasteiger partial charge in [-0.15, -0.1) is 0 Å². The Bertz CT molecular complexity index is 864. The van der Waals surface area contributed by atoms with Gasteiger partial charge in [0, 0.05) is 17.9 Å². The fraction of sp³-hybridized carbons (Fsp3) is 0.391. The molecule has 1 N–H and O–H groups in total. The smallest absolute Gasteiger partial charge is 0.267 e. The molecule has 154 valence electrons. The van der Waals surface area contributed by atoms with Crippen molar-refractivity contribution in [1.29, 1.82) is 0 Å². The van der Waals surface area contributed by atoms with Crippen molar-refractivity contribution < 1.29 is 4.79 Å². The molecule has 2 aromatic rings. The quantitative estimate of drug-likeness (QED) is 0.546. The third-order valence-corrected chi connectivity index (χ3v) is 3.99. The maximum Gasteiger partial charge on any atom is 0.267 e. The number of anilines is 1. The van der Waals surface area contributed by atoms with Crippen molar-refractivity contribution in [3.05, 3.63) is 60.2 Å². The van der Waals surface area contributed by atoms with Crippen LogP contribution in [-0.2, 0) is 4.79 Å². The molecule has 6 nitrogen and oxygen atoms in total. The minimum Gasteiger partial charge on any atom is -0.346 e. The number of pyridine rings is 2. The third kappa shape index (κ3) is 6.82. The van der Waals surface area contributed by atoms with Crippen LogP contribution in [0.3, 0.4) is 0 Å². The third-order valence-electron chi connectivity index (χ3n) is 3.99. The van der Waals surface area contributed by atoms with Crippen molar-refractivity contribution in [2.24, 2.45) is 5.10 Å². The van der Waals surface area contributed by atoms with E-state index in [1.165, 1.54) is 0 Å². The average molecular weight is 394 g/mol. The van der Waals surface area contributed by atoms with E-state index in [9.17, 15) is 4.79 Å². The number of carbonyl (C=O) groups excluding carboxylic acids is 1. The molecule has 0 saturated heterocycles. The molecule has 0 aliphatic rings. The van der Waals surface area contributed by atoms with E-state index in [2.05, 4.69) is 33.4 Å². The normalized spacial score (nSPS) is 12.6. The molecule has 0 bridgehead atoms. The predicted octanol–water partition coefficient (Wildman–Crippen LogP) is 4.72. The van der Waals surface area contributed by atoms with Crippen molar-refractivity contribution in [1.82, 2.24) is 15.3 Å². The molecule has 0 aliphatic heterocycles. The topological polar surface area (TPSA) is 70.5 Å². The number of hydrazone groups is 1. The van der Waals surface area contributed by atoms with E-state index < -0.39 is 0 Å². The number of nitrogens with zero attached hydrogens (tertiary/aromatic N) is 4. The molecule has 0 spiro atoms. The van der Waals surface area contributed by atoms with Gasteiger partial charge in [-0.25, -0.2) is 5.01 Å². The van der Waals surface area contributed by atoms with E-state index >= 15 is 0 Å². The highest BCUT2D eigenvalue weighted by molar-refractivity contribution is 6.38. The van der Waals surface area contributed by atoms with Crippen molar-refractivity contribution in [3.63, 3.8) is 0 Å². The van der Waals surface area contributed by atoms with Gasteiger partial charge >= 0.3 is 0 Å². The van der Waals surface area contributed by atoms with E-state index in [0.29, 0.717) is 5.71 Å². The van der Waals surface area contributed by atoms with E-state index in [1.807, 2.05) is 58.2 Å². The summed E-state index contributed by atoms with van der Waals surface area (Å²) in [6.45, 7) is 11.7. The summed E-state index contributed by atoms with van der Waals surface area (Å²) in [6.07, 6.45) is 9.23. The minimum absolute atomic E-state index is 0.210. The van der Waals surface area contributed by atoms with E-state index in [0.717, 1.165) is 35.5 Å². The first kappa shape index (κ1) is 22.3. The van der Waals surface area contributed by atoms with Crippen LogP contribution in [-0.4, -0.2) is 27.1 Å². The summed E-state index contributed by atoms with van der Waals surface area (Å²) >= 11 is 0. The van der Waals surface area contributed by atoms with Gasteiger partial charge in [0.1, 0.15) is 5.71 Å². The van der Waals surface area contributed by atoms with Crippen LogP contribution in [0.25, 0.3) is 5.70 Å². The van der Waals surface area contributed by atoms with Crippen LogP contribution in [0.5, 0.6) is 0 Å². The summed E-state index contributed by atoms with van der Waals surface area (Å²) in [6, 6.07) is 7.76. The highest BCUT2D eigenvalue weighted by atomic mass is 16.2. The lowest BCUT2D eigenvalue weighted by Gasteiger charge is -2.24. The standard InChI is InChI=1S/C23H31N5O/c1-7-8-11-21(20-13-12-17(2)15-25-20)28(19-10-9-14-24-16-19)27-18(3)22(29)26-23(4,5)6/h9-16H,7-8H2,1-6H3,(H,26,29)/b21-11+,27-18+. The molecule has 0 radical (unpaired) electrons. The molecule has 0 saturated carbocycles. The molecule has 29 heavy (non-hydrogen) atoms. The molecule has 0 atom stereocenters. The monoisotopic (exact) mass is 393 g/mol.